The molecule has 0 bridgehead atoms. The van der Waals surface area contributed by atoms with Crippen LogP contribution in [0.5, 0.6) is 5.88 Å². The number of aryl methyl sites for hydroxylation is 1. The molecule has 1 aliphatic rings. The number of nitrogens with one attached hydrogen (secondary N) is 1. The van der Waals surface area contributed by atoms with Gasteiger partial charge < -0.3 is 19.4 Å². The van der Waals surface area contributed by atoms with Crippen molar-refractivity contribution in [1.82, 2.24) is 24.3 Å². The van der Waals surface area contributed by atoms with E-state index in [0.29, 0.717) is 18.4 Å². The van der Waals surface area contributed by atoms with Crippen molar-refractivity contribution in [3.05, 3.63) is 24.7 Å². The number of anilines is 1. The van der Waals surface area contributed by atoms with E-state index < -0.39 is 0 Å². The molecule has 0 aliphatic carbocycles. The number of fused-ring (bicyclic) bond motifs is 1. The summed E-state index contributed by atoms with van der Waals surface area (Å²) < 4.78 is 15.2. The predicted molar refractivity (Wildman–Crippen MR) is 85.0 cm³/mol. The van der Waals surface area contributed by atoms with Crippen LogP contribution >= 0.6 is 0 Å². The molecule has 0 radical (unpaired) electrons. The van der Waals surface area contributed by atoms with Gasteiger partial charge in [0, 0.05) is 32.9 Å². The Kier molecular flexibility index (Phi) is 3.38. The monoisotopic (exact) mass is 314 g/mol. The van der Waals surface area contributed by atoms with E-state index in [0.717, 1.165) is 29.7 Å². The van der Waals surface area contributed by atoms with Gasteiger partial charge in [-0.1, -0.05) is 0 Å². The van der Waals surface area contributed by atoms with Gasteiger partial charge in [-0.3, -0.25) is 4.68 Å². The van der Waals surface area contributed by atoms with E-state index in [9.17, 15) is 0 Å². The van der Waals surface area contributed by atoms with Gasteiger partial charge in [-0.15, -0.1) is 0 Å². The van der Waals surface area contributed by atoms with Crippen molar-refractivity contribution in [2.24, 2.45) is 7.05 Å². The number of aromatic nitrogens is 5. The molecule has 1 fully saturated rings. The minimum Gasteiger partial charge on any atom is -0.470 e. The quantitative estimate of drug-likeness (QED) is 0.783. The molecule has 1 aliphatic heterocycles. The zero-order chi connectivity index (χ0) is 15.8. The van der Waals surface area contributed by atoms with E-state index in [-0.39, 0.29) is 6.10 Å². The lowest BCUT2D eigenvalue weighted by Gasteiger charge is -2.14. The fraction of sp³-hybridized carbons (Fsp3) is 0.400. The Hall–Kier alpha value is -2.61. The summed E-state index contributed by atoms with van der Waals surface area (Å²) in [5.41, 5.74) is 2.60. The molecule has 23 heavy (non-hydrogen) atoms. The van der Waals surface area contributed by atoms with Crippen LogP contribution in [0.25, 0.3) is 16.7 Å². The van der Waals surface area contributed by atoms with E-state index in [2.05, 4.69) is 20.4 Å². The van der Waals surface area contributed by atoms with Gasteiger partial charge in [-0.2, -0.15) is 10.1 Å². The van der Waals surface area contributed by atoms with Crippen molar-refractivity contribution in [2.75, 3.05) is 25.6 Å². The zero-order valence-electron chi connectivity index (χ0n) is 13.1. The molecule has 8 nitrogen and oxygen atoms in total. The molecule has 0 unspecified atom stereocenters. The molecule has 8 heteroatoms. The first-order valence-electron chi connectivity index (χ1n) is 7.55. The predicted octanol–water partition coefficient (Wildman–Crippen LogP) is 1.36. The van der Waals surface area contributed by atoms with Gasteiger partial charge in [0.25, 0.3) is 0 Å². The van der Waals surface area contributed by atoms with Crippen molar-refractivity contribution in [1.29, 1.82) is 0 Å². The highest BCUT2D eigenvalue weighted by molar-refractivity contribution is 5.83. The van der Waals surface area contributed by atoms with Gasteiger partial charge in [0.1, 0.15) is 11.6 Å². The van der Waals surface area contributed by atoms with Crippen LogP contribution in [0.2, 0.25) is 0 Å². The summed E-state index contributed by atoms with van der Waals surface area (Å²) in [4.78, 5) is 9.00. The fourth-order valence-corrected chi connectivity index (χ4v) is 2.72. The summed E-state index contributed by atoms with van der Waals surface area (Å²) in [6.07, 6.45) is 6.58. The number of rotatable bonds is 4. The molecule has 120 valence electrons. The van der Waals surface area contributed by atoms with Gasteiger partial charge in [0.2, 0.25) is 11.8 Å². The molecule has 1 atom stereocenters. The smallest absolute Gasteiger partial charge is 0.244 e. The van der Waals surface area contributed by atoms with Gasteiger partial charge in [0.15, 0.2) is 0 Å². The molecule has 0 amide bonds. The summed E-state index contributed by atoms with van der Waals surface area (Å²) in [6, 6.07) is 1.95. The Morgan fingerprint density at radius 1 is 1.39 bits per heavy atom. The van der Waals surface area contributed by atoms with Crippen molar-refractivity contribution >= 4 is 17.0 Å². The SMILES string of the molecule is CNc1nc(O[C@H]2CCOC2)c2c(ccn2-c2cnn(C)c2)n1. The van der Waals surface area contributed by atoms with Crippen molar-refractivity contribution < 1.29 is 9.47 Å². The van der Waals surface area contributed by atoms with E-state index in [1.807, 2.05) is 30.1 Å². The first kappa shape index (κ1) is 14.0. The van der Waals surface area contributed by atoms with E-state index in [1.54, 1.807) is 17.9 Å². The lowest BCUT2D eigenvalue weighted by Crippen LogP contribution is -2.17. The Bertz CT molecular complexity index is 834. The molecular formula is C15H18N6O2. The third kappa shape index (κ3) is 2.50. The molecule has 1 N–H and O–H groups in total. The third-order valence-corrected chi connectivity index (χ3v) is 3.86. The van der Waals surface area contributed by atoms with Crippen molar-refractivity contribution in [2.45, 2.75) is 12.5 Å². The summed E-state index contributed by atoms with van der Waals surface area (Å²) in [6.45, 7) is 1.31. The molecule has 0 saturated carbocycles. The highest BCUT2D eigenvalue weighted by Crippen LogP contribution is 2.29. The molecule has 3 aromatic heterocycles. The minimum atomic E-state index is 0.0232. The van der Waals surface area contributed by atoms with Crippen LogP contribution in [0.4, 0.5) is 5.95 Å². The molecule has 4 heterocycles. The van der Waals surface area contributed by atoms with Crippen LogP contribution < -0.4 is 10.1 Å². The average Bonchev–Trinajstić information content (AvgIpc) is 3.27. The number of hydrogen-bond donors (Lipinski definition) is 1. The van der Waals surface area contributed by atoms with Gasteiger partial charge >= 0.3 is 0 Å². The Labute approximate surface area is 133 Å². The highest BCUT2D eigenvalue weighted by atomic mass is 16.5. The standard InChI is InChI=1S/C15H18N6O2/c1-16-15-18-12-3-5-21(10-7-17-20(2)8-10)13(12)14(19-15)23-11-4-6-22-9-11/h3,5,7-8,11H,4,6,9H2,1-2H3,(H,16,18,19)/t11-/m0/s1. The van der Waals surface area contributed by atoms with Crippen molar-refractivity contribution in [3.8, 4) is 11.6 Å². The molecule has 0 spiro atoms. The van der Waals surface area contributed by atoms with Crippen LogP contribution in [-0.2, 0) is 11.8 Å². The summed E-state index contributed by atoms with van der Waals surface area (Å²) in [7, 11) is 3.68. The van der Waals surface area contributed by atoms with E-state index in [4.69, 9.17) is 9.47 Å². The Morgan fingerprint density at radius 3 is 3.00 bits per heavy atom. The first-order valence-corrected chi connectivity index (χ1v) is 7.55. The van der Waals surface area contributed by atoms with E-state index >= 15 is 0 Å². The minimum absolute atomic E-state index is 0.0232. The summed E-state index contributed by atoms with van der Waals surface area (Å²) in [5, 5.41) is 7.21. The largest absolute Gasteiger partial charge is 0.470 e. The number of nitrogens with zero attached hydrogens (tertiary/aromatic N) is 5. The lowest BCUT2D eigenvalue weighted by molar-refractivity contribution is 0.139. The molecule has 3 aromatic rings. The molecule has 4 rings (SSSR count). The summed E-state index contributed by atoms with van der Waals surface area (Å²) in [5.74, 6) is 1.10. The highest BCUT2D eigenvalue weighted by Gasteiger charge is 2.22. The normalized spacial score (nSPS) is 17.7. The van der Waals surface area contributed by atoms with E-state index in [1.165, 1.54) is 0 Å². The van der Waals surface area contributed by atoms with Crippen LogP contribution in [0.15, 0.2) is 24.7 Å². The summed E-state index contributed by atoms with van der Waals surface area (Å²) >= 11 is 0. The van der Waals surface area contributed by atoms with Crippen LogP contribution in [-0.4, -0.2) is 50.7 Å². The third-order valence-electron chi connectivity index (χ3n) is 3.86. The van der Waals surface area contributed by atoms with Crippen LogP contribution in [0.3, 0.4) is 0 Å². The van der Waals surface area contributed by atoms with Gasteiger partial charge in [-0.25, -0.2) is 4.98 Å². The average molecular weight is 314 g/mol. The topological polar surface area (TPSA) is 79.0 Å². The number of hydrogen-bond acceptors (Lipinski definition) is 6. The van der Waals surface area contributed by atoms with Gasteiger partial charge in [-0.05, 0) is 6.07 Å². The zero-order valence-corrected chi connectivity index (χ0v) is 13.1. The second-order valence-corrected chi connectivity index (χ2v) is 5.50. The maximum absolute atomic E-state index is 6.09. The van der Waals surface area contributed by atoms with Gasteiger partial charge in [0.05, 0.1) is 30.6 Å². The molecule has 1 saturated heterocycles. The van der Waals surface area contributed by atoms with Crippen LogP contribution in [0, 0.1) is 0 Å². The molecule has 0 aromatic carbocycles. The maximum Gasteiger partial charge on any atom is 0.244 e. The fourth-order valence-electron chi connectivity index (χ4n) is 2.72. The number of ether oxygens (including phenoxy) is 2. The lowest BCUT2D eigenvalue weighted by atomic mass is 10.3. The second-order valence-electron chi connectivity index (χ2n) is 5.50. The molecular weight excluding hydrogens is 296 g/mol. The second kappa shape index (κ2) is 5.54. The van der Waals surface area contributed by atoms with Crippen molar-refractivity contribution in [3.63, 3.8) is 0 Å². The Morgan fingerprint density at radius 2 is 2.30 bits per heavy atom. The first-order chi connectivity index (χ1) is 11.2. The maximum atomic E-state index is 6.09. The Balaban J connectivity index is 1.84. The van der Waals surface area contributed by atoms with Crippen LogP contribution in [0.1, 0.15) is 6.42 Å².